The number of hydrogen-bond acceptors (Lipinski definition) is 5. The molecule has 114 valence electrons. The van der Waals surface area contributed by atoms with Gasteiger partial charge >= 0.3 is 5.97 Å². The molecule has 1 aliphatic heterocycles. The van der Waals surface area contributed by atoms with E-state index in [0.717, 1.165) is 11.3 Å². The van der Waals surface area contributed by atoms with Crippen molar-refractivity contribution >= 4 is 11.9 Å². The molecule has 0 N–H and O–H groups in total. The highest BCUT2D eigenvalue weighted by Crippen LogP contribution is 2.25. The van der Waals surface area contributed by atoms with Gasteiger partial charge in [0.15, 0.2) is 12.3 Å². The van der Waals surface area contributed by atoms with Crippen molar-refractivity contribution in [3.63, 3.8) is 0 Å². The topological polar surface area (TPSA) is 65.1 Å². The molecule has 0 aromatic heterocycles. The van der Waals surface area contributed by atoms with Crippen LogP contribution >= 0.6 is 0 Å². The van der Waals surface area contributed by atoms with Crippen molar-refractivity contribution in [2.75, 3.05) is 14.2 Å². The van der Waals surface area contributed by atoms with Crippen molar-refractivity contribution in [1.82, 2.24) is 4.90 Å². The standard InChI is InChI=1S/C15H19NO5/c1-10(17)21-13-8-14(18)16(15(13)20-3)9-11-4-6-12(19-2)7-5-11/h4-7,13,15H,8-9H2,1-3H3/t13-,15+/m0/s1. The van der Waals surface area contributed by atoms with E-state index in [0.29, 0.717) is 6.54 Å². The summed E-state index contributed by atoms with van der Waals surface area (Å²) in [5.74, 6) is 0.248. The first-order valence-electron chi connectivity index (χ1n) is 6.67. The maximum Gasteiger partial charge on any atom is 0.303 e. The van der Waals surface area contributed by atoms with Gasteiger partial charge in [0.2, 0.25) is 5.91 Å². The van der Waals surface area contributed by atoms with Gasteiger partial charge in [-0.2, -0.15) is 0 Å². The summed E-state index contributed by atoms with van der Waals surface area (Å²) in [5.41, 5.74) is 0.953. The van der Waals surface area contributed by atoms with Gasteiger partial charge in [-0.25, -0.2) is 0 Å². The molecule has 1 aromatic carbocycles. The highest BCUT2D eigenvalue weighted by molar-refractivity contribution is 5.80. The number of rotatable bonds is 5. The predicted octanol–water partition coefficient (Wildman–Crippen LogP) is 1.33. The zero-order valence-corrected chi connectivity index (χ0v) is 12.4. The monoisotopic (exact) mass is 293 g/mol. The van der Waals surface area contributed by atoms with E-state index < -0.39 is 18.3 Å². The van der Waals surface area contributed by atoms with Crippen molar-refractivity contribution in [2.45, 2.75) is 32.2 Å². The number of likely N-dealkylation sites (tertiary alicyclic amines) is 1. The molecule has 1 heterocycles. The second-order valence-corrected chi connectivity index (χ2v) is 4.85. The Labute approximate surface area is 123 Å². The maximum absolute atomic E-state index is 12.1. The zero-order valence-electron chi connectivity index (χ0n) is 12.4. The van der Waals surface area contributed by atoms with Gasteiger partial charge in [0.1, 0.15) is 5.75 Å². The molecular weight excluding hydrogens is 274 g/mol. The van der Waals surface area contributed by atoms with Gasteiger partial charge in [-0.15, -0.1) is 0 Å². The minimum atomic E-state index is -0.557. The van der Waals surface area contributed by atoms with Crippen molar-refractivity contribution in [1.29, 1.82) is 0 Å². The summed E-state index contributed by atoms with van der Waals surface area (Å²) < 4.78 is 15.6. The molecule has 0 radical (unpaired) electrons. The number of amides is 1. The normalized spacial score (nSPS) is 21.5. The molecule has 1 saturated heterocycles. The fourth-order valence-electron chi connectivity index (χ4n) is 2.43. The molecule has 6 heteroatoms. The molecule has 0 aliphatic carbocycles. The van der Waals surface area contributed by atoms with Crippen LogP contribution in [0.4, 0.5) is 0 Å². The Morgan fingerprint density at radius 1 is 1.29 bits per heavy atom. The molecule has 1 fully saturated rings. The third-order valence-electron chi connectivity index (χ3n) is 3.39. The number of ether oxygens (including phenoxy) is 3. The largest absolute Gasteiger partial charge is 0.497 e. The van der Waals surface area contributed by atoms with Crippen LogP contribution in [0.2, 0.25) is 0 Å². The summed E-state index contributed by atoms with van der Waals surface area (Å²) in [6.45, 7) is 1.72. The average molecular weight is 293 g/mol. The first-order chi connectivity index (χ1) is 10.0. The Balaban J connectivity index is 2.09. The molecule has 1 aliphatic rings. The van der Waals surface area contributed by atoms with Crippen molar-refractivity contribution in [3.8, 4) is 5.75 Å². The summed E-state index contributed by atoms with van der Waals surface area (Å²) >= 11 is 0. The molecule has 0 saturated carbocycles. The van der Waals surface area contributed by atoms with Crippen LogP contribution in [0.5, 0.6) is 5.75 Å². The van der Waals surface area contributed by atoms with E-state index in [2.05, 4.69) is 0 Å². The van der Waals surface area contributed by atoms with Crippen LogP contribution in [0.1, 0.15) is 18.9 Å². The van der Waals surface area contributed by atoms with Crippen LogP contribution in [0.25, 0.3) is 0 Å². The van der Waals surface area contributed by atoms with E-state index >= 15 is 0 Å². The predicted molar refractivity (Wildman–Crippen MR) is 74.5 cm³/mol. The number of esters is 1. The van der Waals surface area contributed by atoms with Crippen molar-refractivity contribution < 1.29 is 23.8 Å². The van der Waals surface area contributed by atoms with Crippen molar-refractivity contribution in [2.24, 2.45) is 0 Å². The average Bonchev–Trinajstić information content (AvgIpc) is 2.74. The van der Waals surface area contributed by atoms with Crippen LogP contribution < -0.4 is 4.74 Å². The molecule has 0 bridgehead atoms. The second-order valence-electron chi connectivity index (χ2n) is 4.85. The molecule has 2 atom stereocenters. The Morgan fingerprint density at radius 2 is 1.95 bits per heavy atom. The fourth-order valence-corrected chi connectivity index (χ4v) is 2.43. The number of benzene rings is 1. The highest BCUT2D eigenvalue weighted by Gasteiger charge is 2.42. The van der Waals surface area contributed by atoms with E-state index in [4.69, 9.17) is 14.2 Å². The number of carbonyl (C=O) groups excluding carboxylic acids is 2. The minimum absolute atomic E-state index is 0.0936. The second kappa shape index (κ2) is 6.58. The first kappa shape index (κ1) is 15.3. The summed E-state index contributed by atoms with van der Waals surface area (Å²) in [6.07, 6.45) is -0.962. The van der Waals surface area contributed by atoms with Crippen LogP contribution in [0, 0.1) is 0 Å². The van der Waals surface area contributed by atoms with Gasteiger partial charge in [-0.05, 0) is 17.7 Å². The summed E-state index contributed by atoms with van der Waals surface area (Å²) in [5, 5.41) is 0. The first-order valence-corrected chi connectivity index (χ1v) is 6.67. The SMILES string of the molecule is COc1ccc(CN2C(=O)C[C@H](OC(C)=O)[C@H]2OC)cc1. The number of carbonyl (C=O) groups is 2. The molecule has 21 heavy (non-hydrogen) atoms. The number of nitrogens with zero attached hydrogens (tertiary/aromatic N) is 1. The van der Waals surface area contributed by atoms with Gasteiger partial charge in [0.05, 0.1) is 13.5 Å². The van der Waals surface area contributed by atoms with E-state index in [9.17, 15) is 9.59 Å². The number of methoxy groups -OCH3 is 2. The number of hydrogen-bond donors (Lipinski definition) is 0. The van der Waals surface area contributed by atoms with Gasteiger partial charge in [-0.3, -0.25) is 9.59 Å². The molecular formula is C15H19NO5. The van der Waals surface area contributed by atoms with E-state index in [1.165, 1.54) is 14.0 Å². The quantitative estimate of drug-likeness (QED) is 0.766. The molecule has 6 nitrogen and oxygen atoms in total. The van der Waals surface area contributed by atoms with E-state index in [1.54, 1.807) is 12.0 Å². The third kappa shape index (κ3) is 3.52. The van der Waals surface area contributed by atoms with Crippen LogP contribution in [-0.4, -0.2) is 43.3 Å². The summed E-state index contributed by atoms with van der Waals surface area (Å²) in [4.78, 5) is 24.8. The molecule has 2 rings (SSSR count). The molecule has 1 amide bonds. The molecule has 0 spiro atoms. The highest BCUT2D eigenvalue weighted by atomic mass is 16.6. The van der Waals surface area contributed by atoms with Crippen LogP contribution in [-0.2, 0) is 25.6 Å². The van der Waals surface area contributed by atoms with Gasteiger partial charge in [-0.1, -0.05) is 12.1 Å². The smallest absolute Gasteiger partial charge is 0.303 e. The minimum Gasteiger partial charge on any atom is -0.497 e. The van der Waals surface area contributed by atoms with Crippen LogP contribution in [0.15, 0.2) is 24.3 Å². The summed E-state index contributed by atoms with van der Waals surface area (Å²) in [6, 6.07) is 7.44. The van der Waals surface area contributed by atoms with Gasteiger partial charge < -0.3 is 19.1 Å². The van der Waals surface area contributed by atoms with Gasteiger partial charge in [0, 0.05) is 20.6 Å². The lowest BCUT2D eigenvalue weighted by atomic mass is 10.2. The maximum atomic E-state index is 12.1. The Bertz CT molecular complexity index is 513. The lowest BCUT2D eigenvalue weighted by Gasteiger charge is -2.26. The molecule has 0 unspecified atom stereocenters. The lowest BCUT2D eigenvalue weighted by Crippen LogP contribution is -2.39. The lowest BCUT2D eigenvalue weighted by molar-refractivity contribution is -0.158. The fraction of sp³-hybridized carbons (Fsp3) is 0.467. The Morgan fingerprint density at radius 3 is 2.48 bits per heavy atom. The van der Waals surface area contributed by atoms with Gasteiger partial charge in [0.25, 0.3) is 0 Å². The van der Waals surface area contributed by atoms with Crippen LogP contribution in [0.3, 0.4) is 0 Å². The van der Waals surface area contributed by atoms with E-state index in [1.807, 2.05) is 24.3 Å². The van der Waals surface area contributed by atoms with E-state index in [-0.39, 0.29) is 12.3 Å². The molecule has 1 aromatic rings. The Kier molecular flexibility index (Phi) is 4.80. The Hall–Kier alpha value is -2.08. The summed E-state index contributed by atoms with van der Waals surface area (Å²) in [7, 11) is 3.10. The zero-order chi connectivity index (χ0) is 15.4. The van der Waals surface area contributed by atoms with Crippen molar-refractivity contribution in [3.05, 3.63) is 29.8 Å². The third-order valence-corrected chi connectivity index (χ3v) is 3.39.